The molecule has 0 saturated carbocycles. The van der Waals surface area contributed by atoms with E-state index < -0.39 is 33.9 Å². The van der Waals surface area contributed by atoms with Gasteiger partial charge in [-0.2, -0.15) is 0 Å². The highest BCUT2D eigenvalue weighted by Gasteiger charge is 2.39. The average molecular weight is 438 g/mol. The van der Waals surface area contributed by atoms with Crippen LogP contribution in [0.1, 0.15) is 27.2 Å². The molecule has 8 nitrogen and oxygen atoms in total. The van der Waals surface area contributed by atoms with Crippen molar-refractivity contribution < 1.29 is 22.7 Å². The molecule has 0 aromatic heterocycles. The van der Waals surface area contributed by atoms with Crippen LogP contribution in [0.15, 0.2) is 23.1 Å². The van der Waals surface area contributed by atoms with Crippen molar-refractivity contribution in [1.29, 1.82) is 0 Å². The first kappa shape index (κ1) is 21.7. The second-order valence-corrected chi connectivity index (χ2v) is 9.59. The van der Waals surface area contributed by atoms with Gasteiger partial charge in [-0.05, 0) is 39.0 Å². The van der Waals surface area contributed by atoms with Crippen molar-refractivity contribution in [3.8, 4) is 0 Å². The van der Waals surface area contributed by atoms with Crippen molar-refractivity contribution in [3.63, 3.8) is 0 Å². The number of sulfonamides is 1. The largest absolute Gasteiger partial charge is 0.444 e. The average Bonchev–Trinajstić information content (AvgIpc) is 2.90. The summed E-state index contributed by atoms with van der Waals surface area (Å²) in [6, 6.07) is 3.35. The summed E-state index contributed by atoms with van der Waals surface area (Å²) in [7, 11) is -3.89. The van der Waals surface area contributed by atoms with Gasteiger partial charge in [-0.3, -0.25) is 9.69 Å². The Bertz CT molecular complexity index is 826. The van der Waals surface area contributed by atoms with Gasteiger partial charge in [-0.1, -0.05) is 23.2 Å². The summed E-state index contributed by atoms with van der Waals surface area (Å²) in [4.78, 5) is 24.4. The maximum atomic E-state index is 12.6. The first-order valence-electron chi connectivity index (χ1n) is 8.09. The molecule has 0 unspecified atom stereocenters. The number of carbonyl (C=O) groups is 2. The van der Waals surface area contributed by atoms with Gasteiger partial charge in [0, 0.05) is 19.0 Å². The standard InChI is InChI=1S/C16H21Cl2N3O5S/c1-16(2,3)26-15(23)21-8-10(6-14(21)19-9-22)20-27(24,25)11-4-5-12(17)13(18)7-11/h4-5,7,9-10,14,20H,6,8H2,1-3H3,(H,19,22)/t10-,14+/m1/s1. The summed E-state index contributed by atoms with van der Waals surface area (Å²) < 4.78 is 33.0. The predicted octanol–water partition coefficient (Wildman–Crippen LogP) is 2.35. The van der Waals surface area contributed by atoms with Gasteiger partial charge >= 0.3 is 6.09 Å². The molecule has 2 amide bonds. The Kier molecular flexibility index (Phi) is 6.62. The van der Waals surface area contributed by atoms with Crippen LogP contribution in [-0.4, -0.2) is 50.2 Å². The molecule has 2 rings (SSSR count). The summed E-state index contributed by atoms with van der Waals surface area (Å²) in [5, 5.41) is 2.86. The SMILES string of the molecule is CC(C)(C)OC(=O)N1C[C@H](NS(=O)(=O)c2ccc(Cl)c(Cl)c2)C[C@H]1NC=O. The first-order valence-corrected chi connectivity index (χ1v) is 10.3. The van der Waals surface area contributed by atoms with Crippen LogP contribution < -0.4 is 10.0 Å². The molecule has 1 heterocycles. The molecule has 2 N–H and O–H groups in total. The van der Waals surface area contributed by atoms with Crippen LogP contribution in [0.3, 0.4) is 0 Å². The maximum Gasteiger partial charge on any atom is 0.411 e. The number of likely N-dealkylation sites (tertiary alicyclic amines) is 1. The number of amides is 2. The molecule has 27 heavy (non-hydrogen) atoms. The van der Waals surface area contributed by atoms with E-state index in [1.54, 1.807) is 20.8 Å². The first-order chi connectivity index (χ1) is 12.4. The molecule has 0 radical (unpaired) electrons. The van der Waals surface area contributed by atoms with E-state index in [-0.39, 0.29) is 27.9 Å². The highest BCUT2D eigenvalue weighted by molar-refractivity contribution is 7.89. The second-order valence-electron chi connectivity index (χ2n) is 7.06. The molecule has 0 aliphatic carbocycles. The molecule has 0 bridgehead atoms. The molecular formula is C16H21Cl2N3O5S. The van der Waals surface area contributed by atoms with Crippen LogP contribution >= 0.6 is 23.2 Å². The number of hydrogen-bond acceptors (Lipinski definition) is 5. The van der Waals surface area contributed by atoms with Crippen LogP contribution in [0.5, 0.6) is 0 Å². The molecule has 11 heteroatoms. The minimum Gasteiger partial charge on any atom is -0.444 e. The highest BCUT2D eigenvalue weighted by atomic mass is 35.5. The maximum absolute atomic E-state index is 12.6. The molecule has 1 aromatic carbocycles. The Balaban J connectivity index is 2.15. The van der Waals surface area contributed by atoms with E-state index in [1.165, 1.54) is 23.1 Å². The molecule has 1 saturated heterocycles. The van der Waals surface area contributed by atoms with Crippen molar-refractivity contribution >= 4 is 45.7 Å². The number of benzene rings is 1. The van der Waals surface area contributed by atoms with Crippen LogP contribution in [-0.2, 0) is 19.6 Å². The number of hydrogen-bond donors (Lipinski definition) is 2. The van der Waals surface area contributed by atoms with Gasteiger partial charge in [-0.15, -0.1) is 0 Å². The molecule has 0 spiro atoms. The van der Waals surface area contributed by atoms with Crippen molar-refractivity contribution in [2.45, 2.75) is 49.9 Å². The van der Waals surface area contributed by atoms with E-state index >= 15 is 0 Å². The Morgan fingerprint density at radius 2 is 1.96 bits per heavy atom. The lowest BCUT2D eigenvalue weighted by Crippen LogP contribution is -2.46. The van der Waals surface area contributed by atoms with E-state index in [9.17, 15) is 18.0 Å². The predicted molar refractivity (Wildman–Crippen MR) is 101 cm³/mol. The normalized spacial score (nSPS) is 20.4. The molecule has 1 aliphatic rings. The molecule has 1 aromatic rings. The van der Waals surface area contributed by atoms with Gasteiger partial charge < -0.3 is 10.1 Å². The third-order valence-electron chi connectivity index (χ3n) is 3.71. The van der Waals surface area contributed by atoms with Crippen LogP contribution in [0, 0.1) is 0 Å². The van der Waals surface area contributed by atoms with Gasteiger partial charge in [0.1, 0.15) is 11.8 Å². The van der Waals surface area contributed by atoms with E-state index in [2.05, 4.69) is 10.0 Å². The van der Waals surface area contributed by atoms with Gasteiger partial charge in [-0.25, -0.2) is 17.9 Å². The van der Waals surface area contributed by atoms with Crippen molar-refractivity contribution in [3.05, 3.63) is 28.2 Å². The minimum absolute atomic E-state index is 0.0426. The van der Waals surface area contributed by atoms with E-state index in [1.807, 2.05) is 0 Å². The minimum atomic E-state index is -3.89. The monoisotopic (exact) mass is 437 g/mol. The fourth-order valence-corrected chi connectivity index (χ4v) is 4.24. The Morgan fingerprint density at radius 3 is 2.52 bits per heavy atom. The van der Waals surface area contributed by atoms with E-state index in [0.717, 1.165) is 0 Å². The molecule has 1 fully saturated rings. The van der Waals surface area contributed by atoms with Gasteiger partial charge in [0.05, 0.1) is 14.9 Å². The second kappa shape index (κ2) is 8.22. The highest BCUT2D eigenvalue weighted by Crippen LogP contribution is 2.26. The zero-order chi connectivity index (χ0) is 20.4. The quantitative estimate of drug-likeness (QED) is 0.687. The van der Waals surface area contributed by atoms with Gasteiger partial charge in [0.25, 0.3) is 0 Å². The smallest absolute Gasteiger partial charge is 0.411 e. The molecular weight excluding hydrogens is 417 g/mol. The number of carbonyl (C=O) groups excluding carboxylic acids is 2. The van der Waals surface area contributed by atoms with Gasteiger partial charge in [0.15, 0.2) is 0 Å². The zero-order valence-electron chi connectivity index (χ0n) is 15.0. The zero-order valence-corrected chi connectivity index (χ0v) is 17.4. The molecule has 2 atom stereocenters. The third-order valence-corrected chi connectivity index (χ3v) is 5.97. The Labute approximate surface area is 168 Å². The fourth-order valence-electron chi connectivity index (χ4n) is 2.61. The summed E-state index contributed by atoms with van der Waals surface area (Å²) in [6.45, 7) is 5.19. The number of ether oxygens (including phenoxy) is 1. The van der Waals surface area contributed by atoms with Gasteiger partial charge in [0.2, 0.25) is 16.4 Å². The van der Waals surface area contributed by atoms with Crippen molar-refractivity contribution in [2.75, 3.05) is 6.54 Å². The fraction of sp³-hybridized carbons (Fsp3) is 0.500. The van der Waals surface area contributed by atoms with Crippen LogP contribution in [0.4, 0.5) is 4.79 Å². The summed E-state index contributed by atoms with van der Waals surface area (Å²) in [6.07, 6.45) is -0.673. The summed E-state index contributed by atoms with van der Waals surface area (Å²) >= 11 is 11.7. The van der Waals surface area contributed by atoms with Crippen LogP contribution in [0.25, 0.3) is 0 Å². The molecule has 1 aliphatic heterocycles. The summed E-state index contributed by atoms with van der Waals surface area (Å²) in [5.41, 5.74) is -0.722. The van der Waals surface area contributed by atoms with Crippen molar-refractivity contribution in [2.24, 2.45) is 0 Å². The number of nitrogens with one attached hydrogen (secondary N) is 2. The van der Waals surface area contributed by atoms with E-state index in [0.29, 0.717) is 6.41 Å². The summed E-state index contributed by atoms with van der Waals surface area (Å²) in [5.74, 6) is 0. The number of nitrogens with zero attached hydrogens (tertiary/aromatic N) is 1. The number of halogens is 2. The lowest BCUT2D eigenvalue weighted by molar-refractivity contribution is -0.110. The van der Waals surface area contributed by atoms with Crippen molar-refractivity contribution in [1.82, 2.24) is 14.9 Å². The number of rotatable bonds is 5. The lowest BCUT2D eigenvalue weighted by Gasteiger charge is -2.28. The Morgan fingerprint density at radius 1 is 1.30 bits per heavy atom. The van der Waals surface area contributed by atoms with Crippen LogP contribution in [0.2, 0.25) is 10.0 Å². The Hall–Kier alpha value is -1.55. The third kappa shape index (κ3) is 5.71. The van der Waals surface area contributed by atoms with E-state index in [4.69, 9.17) is 27.9 Å². The lowest BCUT2D eigenvalue weighted by atomic mass is 10.2. The topological polar surface area (TPSA) is 105 Å². The molecule has 150 valence electrons.